The molecule has 0 N–H and O–H groups in total. The first-order valence-electron chi connectivity index (χ1n) is 7.27. The average molecular weight is 253 g/mol. The third-order valence-corrected chi connectivity index (χ3v) is 4.60. The number of amides is 1. The van der Waals surface area contributed by atoms with Gasteiger partial charge in [0.05, 0.1) is 12.2 Å². The van der Waals surface area contributed by atoms with Crippen molar-refractivity contribution in [3.8, 4) is 0 Å². The van der Waals surface area contributed by atoms with Crippen molar-refractivity contribution in [1.29, 1.82) is 0 Å². The van der Waals surface area contributed by atoms with Gasteiger partial charge in [-0.1, -0.05) is 12.8 Å². The third-order valence-electron chi connectivity index (χ3n) is 4.60. The predicted molar refractivity (Wildman–Crippen MR) is 67.3 cm³/mol. The van der Waals surface area contributed by atoms with Gasteiger partial charge in [-0.2, -0.15) is 0 Å². The van der Waals surface area contributed by atoms with Crippen LogP contribution in [0.1, 0.15) is 38.5 Å². The summed E-state index contributed by atoms with van der Waals surface area (Å²) in [5, 5.41) is 0. The van der Waals surface area contributed by atoms with Crippen LogP contribution < -0.4 is 0 Å². The number of hydrogen-bond acceptors (Lipinski definition) is 3. The zero-order chi connectivity index (χ0) is 12.4. The molecule has 2 aliphatic heterocycles. The monoisotopic (exact) mass is 253 g/mol. The van der Waals surface area contributed by atoms with Crippen LogP contribution in [-0.2, 0) is 14.3 Å². The number of carbonyl (C=O) groups is 1. The molecule has 2 heterocycles. The van der Waals surface area contributed by atoms with Gasteiger partial charge in [0.15, 0.2) is 0 Å². The summed E-state index contributed by atoms with van der Waals surface area (Å²) in [5.41, 5.74) is 0.0000853. The lowest BCUT2D eigenvalue weighted by Gasteiger charge is -2.40. The minimum atomic E-state index is 0.0000853. The van der Waals surface area contributed by atoms with E-state index in [4.69, 9.17) is 9.47 Å². The summed E-state index contributed by atoms with van der Waals surface area (Å²) < 4.78 is 11.3. The number of ether oxygens (including phenoxy) is 2. The zero-order valence-corrected chi connectivity index (χ0v) is 11.0. The van der Waals surface area contributed by atoms with Gasteiger partial charge in [0.25, 0.3) is 0 Å². The van der Waals surface area contributed by atoms with Crippen LogP contribution in [0, 0.1) is 5.92 Å². The lowest BCUT2D eigenvalue weighted by atomic mass is 9.98. The van der Waals surface area contributed by atoms with Crippen LogP contribution in [0.5, 0.6) is 0 Å². The van der Waals surface area contributed by atoms with E-state index in [0.29, 0.717) is 24.9 Å². The van der Waals surface area contributed by atoms with Gasteiger partial charge in [-0.25, -0.2) is 0 Å². The van der Waals surface area contributed by atoms with E-state index in [1.165, 1.54) is 12.8 Å². The van der Waals surface area contributed by atoms with Crippen molar-refractivity contribution in [1.82, 2.24) is 4.90 Å². The van der Waals surface area contributed by atoms with Gasteiger partial charge in [-0.05, 0) is 25.2 Å². The Morgan fingerprint density at radius 3 is 2.83 bits per heavy atom. The topological polar surface area (TPSA) is 38.8 Å². The van der Waals surface area contributed by atoms with Crippen molar-refractivity contribution < 1.29 is 14.3 Å². The molecule has 1 saturated carbocycles. The highest BCUT2D eigenvalue weighted by atomic mass is 16.5. The number of carbonyl (C=O) groups excluding carboxylic acids is 1. The molecule has 3 rings (SSSR count). The van der Waals surface area contributed by atoms with Crippen molar-refractivity contribution in [2.75, 3.05) is 32.9 Å². The molecule has 1 spiro atoms. The fourth-order valence-electron chi connectivity index (χ4n) is 3.50. The van der Waals surface area contributed by atoms with E-state index in [1.54, 1.807) is 0 Å². The van der Waals surface area contributed by atoms with Crippen LogP contribution in [0.2, 0.25) is 0 Å². The van der Waals surface area contributed by atoms with E-state index >= 15 is 0 Å². The van der Waals surface area contributed by atoms with Crippen molar-refractivity contribution in [3.05, 3.63) is 0 Å². The van der Waals surface area contributed by atoms with Crippen molar-refractivity contribution in [2.45, 2.75) is 44.1 Å². The molecule has 1 atom stereocenters. The zero-order valence-electron chi connectivity index (χ0n) is 11.0. The molecule has 2 saturated heterocycles. The molecule has 0 aromatic rings. The second-order valence-corrected chi connectivity index (χ2v) is 5.99. The first kappa shape index (κ1) is 12.4. The highest BCUT2D eigenvalue weighted by Crippen LogP contribution is 2.36. The minimum Gasteiger partial charge on any atom is -0.381 e. The number of hydrogen-bond donors (Lipinski definition) is 0. The number of nitrogens with zero attached hydrogens (tertiary/aromatic N) is 1. The standard InChI is InChI=1S/C14H23NO3/c16-13(9-12-3-7-17-10-12)15-6-8-18-14(11-15)4-1-2-5-14/h12H,1-11H2. The molecular formula is C14H23NO3. The maximum absolute atomic E-state index is 12.3. The smallest absolute Gasteiger partial charge is 0.223 e. The molecule has 0 radical (unpaired) electrons. The fraction of sp³-hybridized carbons (Fsp3) is 0.929. The summed E-state index contributed by atoms with van der Waals surface area (Å²) in [4.78, 5) is 14.3. The van der Waals surface area contributed by atoms with Crippen molar-refractivity contribution >= 4 is 5.91 Å². The van der Waals surface area contributed by atoms with Gasteiger partial charge in [0.1, 0.15) is 0 Å². The largest absolute Gasteiger partial charge is 0.381 e. The molecule has 0 aromatic carbocycles. The average Bonchev–Trinajstić information content (AvgIpc) is 3.02. The Morgan fingerprint density at radius 1 is 1.28 bits per heavy atom. The van der Waals surface area contributed by atoms with Crippen LogP contribution in [0.15, 0.2) is 0 Å². The summed E-state index contributed by atoms with van der Waals surface area (Å²) in [6.45, 7) is 3.90. The van der Waals surface area contributed by atoms with Crippen molar-refractivity contribution in [3.63, 3.8) is 0 Å². The number of morpholine rings is 1. The Kier molecular flexibility index (Phi) is 3.57. The van der Waals surface area contributed by atoms with Gasteiger partial charge in [0, 0.05) is 32.7 Å². The SMILES string of the molecule is O=C(CC1CCOC1)N1CCOC2(CCCC2)C1. The van der Waals surface area contributed by atoms with Crippen LogP contribution in [0.25, 0.3) is 0 Å². The second-order valence-electron chi connectivity index (χ2n) is 5.99. The van der Waals surface area contributed by atoms with E-state index in [0.717, 1.165) is 45.6 Å². The summed E-state index contributed by atoms with van der Waals surface area (Å²) >= 11 is 0. The summed E-state index contributed by atoms with van der Waals surface area (Å²) in [6, 6.07) is 0. The molecule has 3 aliphatic rings. The molecule has 3 fully saturated rings. The second kappa shape index (κ2) is 5.17. The molecule has 1 aliphatic carbocycles. The van der Waals surface area contributed by atoms with Crippen LogP contribution in [0.4, 0.5) is 0 Å². The van der Waals surface area contributed by atoms with E-state index in [-0.39, 0.29) is 5.60 Å². The maximum Gasteiger partial charge on any atom is 0.223 e. The Labute approximate surface area is 109 Å². The van der Waals surface area contributed by atoms with Gasteiger partial charge in [-0.15, -0.1) is 0 Å². The fourth-order valence-corrected chi connectivity index (χ4v) is 3.50. The molecule has 4 nitrogen and oxygen atoms in total. The summed E-state index contributed by atoms with van der Waals surface area (Å²) in [6.07, 6.45) is 6.46. The normalized spacial score (nSPS) is 31.1. The molecule has 0 aromatic heterocycles. The highest BCUT2D eigenvalue weighted by molar-refractivity contribution is 5.76. The van der Waals surface area contributed by atoms with E-state index < -0.39 is 0 Å². The minimum absolute atomic E-state index is 0.0000853. The third kappa shape index (κ3) is 2.54. The lowest BCUT2D eigenvalue weighted by Crippen LogP contribution is -2.52. The van der Waals surface area contributed by atoms with Crippen LogP contribution in [-0.4, -0.2) is 49.3 Å². The summed E-state index contributed by atoms with van der Waals surface area (Å²) in [7, 11) is 0. The summed E-state index contributed by atoms with van der Waals surface area (Å²) in [5.74, 6) is 0.750. The van der Waals surface area contributed by atoms with E-state index in [9.17, 15) is 4.79 Å². The van der Waals surface area contributed by atoms with Gasteiger partial charge < -0.3 is 14.4 Å². The quantitative estimate of drug-likeness (QED) is 0.750. The lowest BCUT2D eigenvalue weighted by molar-refractivity contribution is -0.150. The molecule has 0 bridgehead atoms. The molecule has 1 unspecified atom stereocenters. The van der Waals surface area contributed by atoms with E-state index in [1.807, 2.05) is 4.90 Å². The van der Waals surface area contributed by atoms with Crippen molar-refractivity contribution in [2.24, 2.45) is 5.92 Å². The molecular weight excluding hydrogens is 230 g/mol. The Balaban J connectivity index is 1.56. The molecule has 1 amide bonds. The maximum atomic E-state index is 12.3. The first-order chi connectivity index (χ1) is 8.77. The predicted octanol–water partition coefficient (Wildman–Crippen LogP) is 1.58. The van der Waals surface area contributed by atoms with Gasteiger partial charge in [-0.3, -0.25) is 4.79 Å². The first-order valence-corrected chi connectivity index (χ1v) is 7.27. The highest BCUT2D eigenvalue weighted by Gasteiger charge is 2.40. The Hall–Kier alpha value is -0.610. The number of rotatable bonds is 2. The van der Waals surface area contributed by atoms with Gasteiger partial charge in [0.2, 0.25) is 5.91 Å². The molecule has 18 heavy (non-hydrogen) atoms. The van der Waals surface area contributed by atoms with Crippen LogP contribution in [0.3, 0.4) is 0 Å². The van der Waals surface area contributed by atoms with Crippen LogP contribution >= 0.6 is 0 Å². The Bertz CT molecular complexity index is 306. The molecule has 102 valence electrons. The van der Waals surface area contributed by atoms with E-state index in [2.05, 4.69) is 0 Å². The Morgan fingerprint density at radius 2 is 2.11 bits per heavy atom. The van der Waals surface area contributed by atoms with Gasteiger partial charge >= 0.3 is 0 Å². The molecule has 4 heteroatoms.